The van der Waals surface area contributed by atoms with Gasteiger partial charge in [0.15, 0.2) is 0 Å². The Balaban J connectivity index is 0.000000183. The van der Waals surface area contributed by atoms with Crippen molar-refractivity contribution in [2.45, 2.75) is 67.2 Å². The molecule has 0 N–H and O–H groups in total. The van der Waals surface area contributed by atoms with E-state index in [0.717, 1.165) is 17.8 Å². The van der Waals surface area contributed by atoms with Gasteiger partial charge < -0.3 is 4.90 Å². The molecule has 350 valence electrons. The molecule has 0 aliphatic heterocycles. The number of nitrogens with zero attached hydrogens (tertiary/aromatic N) is 1. The molecule has 3 aliphatic rings. The Morgan fingerprint density at radius 2 is 0.817 bits per heavy atom. The predicted octanol–water partition coefficient (Wildman–Crippen LogP) is 19.6. The van der Waals surface area contributed by atoms with Crippen LogP contribution in [-0.2, 0) is 11.8 Å². The minimum atomic E-state index is -0.401. The van der Waals surface area contributed by atoms with Crippen LogP contribution in [0.3, 0.4) is 0 Å². The molecule has 1 nitrogen and oxygen atoms in total. The van der Waals surface area contributed by atoms with Gasteiger partial charge in [-0.05, 0) is 142 Å². The normalized spacial score (nSPS) is 12.4. The van der Waals surface area contributed by atoms with E-state index in [2.05, 4.69) is 251 Å². The van der Waals surface area contributed by atoms with Crippen LogP contribution < -0.4 is 4.90 Å². The SMILES string of the molecule is CC.CC.CC1=CCc2ccccc2-c2ccc(C)cc21.Cc1ccc2c(c1)C1(c3ccccc3-c3ccccc31)c1cc(N(c3ccccc3)c3ccccc3)c3ccccc3c1-2.Cc1ccccc1. The average molecular weight is 920 g/mol. The maximum atomic E-state index is 2.51. The van der Waals surface area contributed by atoms with Crippen LogP contribution >= 0.6 is 0 Å². The molecule has 10 aromatic carbocycles. The lowest BCUT2D eigenvalue weighted by Gasteiger charge is -2.33. The summed E-state index contributed by atoms with van der Waals surface area (Å²) >= 11 is 0. The van der Waals surface area contributed by atoms with Crippen molar-refractivity contribution in [1.29, 1.82) is 0 Å². The molecule has 13 rings (SSSR count). The number of hydrogen-bond acceptors (Lipinski definition) is 1. The highest BCUT2D eigenvalue weighted by Crippen LogP contribution is 2.65. The van der Waals surface area contributed by atoms with Gasteiger partial charge in [0.25, 0.3) is 0 Å². The van der Waals surface area contributed by atoms with Crippen molar-refractivity contribution in [2.75, 3.05) is 4.90 Å². The Kier molecular flexibility index (Phi) is 14.4. The molecule has 0 atom stereocenters. The predicted molar refractivity (Wildman–Crippen MR) is 308 cm³/mol. The fourth-order valence-corrected chi connectivity index (χ4v) is 10.9. The minimum Gasteiger partial charge on any atom is -0.310 e. The Labute approximate surface area is 423 Å². The van der Waals surface area contributed by atoms with E-state index in [4.69, 9.17) is 0 Å². The van der Waals surface area contributed by atoms with Crippen molar-refractivity contribution in [3.05, 3.63) is 287 Å². The van der Waals surface area contributed by atoms with Crippen molar-refractivity contribution in [3.8, 4) is 33.4 Å². The van der Waals surface area contributed by atoms with Gasteiger partial charge in [-0.25, -0.2) is 0 Å². The van der Waals surface area contributed by atoms with Gasteiger partial charge in [-0.1, -0.05) is 251 Å². The van der Waals surface area contributed by atoms with Crippen LogP contribution in [0.4, 0.5) is 17.1 Å². The number of allylic oxidation sites excluding steroid dienone is 2. The Morgan fingerprint density at radius 3 is 1.39 bits per heavy atom. The summed E-state index contributed by atoms with van der Waals surface area (Å²) in [5.41, 5.74) is 24.8. The van der Waals surface area contributed by atoms with Gasteiger partial charge in [-0.3, -0.25) is 0 Å². The number of fused-ring (bicyclic) bond motifs is 15. The summed E-state index contributed by atoms with van der Waals surface area (Å²) in [6.07, 6.45) is 3.37. The standard InChI is InChI=1S/C42H29N.C17H16.C7H8.2C2H6/c1-28-24-25-35-38(26-28)42(36-22-12-10-18-31(36)32-19-11-13-23-37(32)42)39-27-40(33-20-8-9-21-34(33)41(35)39)43(29-14-4-2-5-15-29)30-16-6-3-7-17-30;1-12-7-10-16-15-6-4-3-5-14(15)9-8-13(2)17(16)11-12;1-7-5-3-2-4-6-7;2*1-2/h2-27H,1H3;3-8,10-11H,9H2,1-2H3;2-6H,1H3;2*1-2H3. The number of rotatable bonds is 3. The molecule has 0 unspecified atom stereocenters. The third-order valence-corrected chi connectivity index (χ3v) is 14.0. The number of aryl methyl sites for hydroxylation is 3. The maximum Gasteiger partial charge on any atom is 0.0726 e. The average Bonchev–Trinajstić information content (AvgIpc) is 3.84. The van der Waals surface area contributed by atoms with Crippen LogP contribution in [0.1, 0.15) is 84.7 Å². The molecule has 71 heavy (non-hydrogen) atoms. The first kappa shape index (κ1) is 48.0. The second kappa shape index (κ2) is 21.3. The number of para-hydroxylation sites is 2. The molecule has 0 aromatic heterocycles. The molecule has 10 aromatic rings. The summed E-state index contributed by atoms with van der Waals surface area (Å²) < 4.78 is 0. The summed E-state index contributed by atoms with van der Waals surface area (Å²) in [5, 5.41) is 2.54. The molecule has 0 heterocycles. The second-order valence-corrected chi connectivity index (χ2v) is 18.2. The summed E-state index contributed by atoms with van der Waals surface area (Å²) in [6.45, 7) is 16.7. The molecule has 0 saturated heterocycles. The minimum absolute atomic E-state index is 0.401. The van der Waals surface area contributed by atoms with Crippen LogP contribution in [0.25, 0.3) is 49.7 Å². The smallest absolute Gasteiger partial charge is 0.0726 e. The van der Waals surface area contributed by atoms with Crippen molar-refractivity contribution in [1.82, 2.24) is 0 Å². The van der Waals surface area contributed by atoms with Crippen molar-refractivity contribution in [3.63, 3.8) is 0 Å². The van der Waals surface area contributed by atoms with E-state index in [9.17, 15) is 0 Å². The summed E-state index contributed by atoms with van der Waals surface area (Å²) in [5.74, 6) is 0. The first-order valence-corrected chi connectivity index (χ1v) is 25.6. The molecular weight excluding hydrogens is 855 g/mol. The van der Waals surface area contributed by atoms with Crippen molar-refractivity contribution >= 4 is 33.4 Å². The third-order valence-electron chi connectivity index (χ3n) is 14.0. The molecule has 0 saturated carbocycles. The van der Waals surface area contributed by atoms with Crippen LogP contribution in [0.5, 0.6) is 0 Å². The monoisotopic (exact) mass is 920 g/mol. The van der Waals surface area contributed by atoms with Gasteiger partial charge in [0.1, 0.15) is 0 Å². The van der Waals surface area contributed by atoms with Gasteiger partial charge in [0, 0.05) is 16.8 Å². The Morgan fingerprint density at radius 1 is 0.338 bits per heavy atom. The van der Waals surface area contributed by atoms with Crippen molar-refractivity contribution < 1.29 is 0 Å². The highest BCUT2D eigenvalue weighted by molar-refractivity contribution is 6.12. The fraction of sp³-hybridized carbons (Fsp3) is 0.143. The van der Waals surface area contributed by atoms with E-state index < -0.39 is 5.41 Å². The van der Waals surface area contributed by atoms with Crippen LogP contribution in [0.15, 0.2) is 237 Å². The van der Waals surface area contributed by atoms with E-state index in [1.165, 1.54) is 105 Å². The second-order valence-electron chi connectivity index (χ2n) is 18.2. The molecular formula is C70H65N. The lowest BCUT2D eigenvalue weighted by Crippen LogP contribution is -2.26. The van der Waals surface area contributed by atoms with Gasteiger partial charge in [-0.15, -0.1) is 0 Å². The molecule has 0 amide bonds. The van der Waals surface area contributed by atoms with E-state index in [1.54, 1.807) is 0 Å². The van der Waals surface area contributed by atoms with Crippen LogP contribution in [0.2, 0.25) is 0 Å². The zero-order valence-corrected chi connectivity index (χ0v) is 42.7. The van der Waals surface area contributed by atoms with E-state index in [-0.39, 0.29) is 0 Å². The van der Waals surface area contributed by atoms with Gasteiger partial charge in [0.05, 0.1) is 11.1 Å². The lowest BCUT2D eigenvalue weighted by molar-refractivity contribution is 0.793. The third kappa shape index (κ3) is 8.83. The molecule has 3 aliphatic carbocycles. The zero-order chi connectivity index (χ0) is 49.5. The number of hydrogen-bond donors (Lipinski definition) is 0. The van der Waals surface area contributed by atoms with E-state index in [1.807, 2.05) is 45.9 Å². The largest absolute Gasteiger partial charge is 0.310 e. The van der Waals surface area contributed by atoms with Gasteiger partial charge in [0.2, 0.25) is 0 Å². The summed E-state index contributed by atoms with van der Waals surface area (Å²) in [4.78, 5) is 2.43. The van der Waals surface area contributed by atoms with Gasteiger partial charge in [-0.2, -0.15) is 0 Å². The first-order valence-electron chi connectivity index (χ1n) is 25.6. The highest BCUT2D eigenvalue weighted by atomic mass is 15.1. The quantitative estimate of drug-likeness (QED) is 0.171. The number of benzene rings is 10. The van der Waals surface area contributed by atoms with E-state index in [0.29, 0.717) is 0 Å². The maximum absolute atomic E-state index is 2.51. The molecule has 1 spiro atoms. The zero-order valence-electron chi connectivity index (χ0n) is 42.7. The lowest BCUT2D eigenvalue weighted by atomic mass is 9.70. The van der Waals surface area contributed by atoms with Crippen LogP contribution in [-0.4, -0.2) is 0 Å². The molecule has 0 bridgehead atoms. The summed E-state index contributed by atoms with van der Waals surface area (Å²) in [6, 6.07) is 83.9. The molecule has 0 fully saturated rings. The van der Waals surface area contributed by atoms with Crippen LogP contribution in [0, 0.1) is 20.8 Å². The Hall–Kier alpha value is -8.00. The van der Waals surface area contributed by atoms with Gasteiger partial charge >= 0.3 is 0 Å². The topological polar surface area (TPSA) is 3.24 Å². The molecule has 1 heteroatoms. The first-order chi connectivity index (χ1) is 34.9. The van der Waals surface area contributed by atoms with E-state index >= 15 is 0 Å². The van der Waals surface area contributed by atoms with Crippen molar-refractivity contribution in [2.24, 2.45) is 0 Å². The Bertz CT molecular complexity index is 3380. The summed E-state index contributed by atoms with van der Waals surface area (Å²) in [7, 11) is 0. The highest BCUT2D eigenvalue weighted by Gasteiger charge is 2.52. The number of anilines is 3. The molecule has 0 radical (unpaired) electrons. The fourth-order valence-electron chi connectivity index (χ4n) is 10.9.